The van der Waals surface area contributed by atoms with Gasteiger partial charge in [0, 0.05) is 11.8 Å². The molecule has 3 heterocycles. The number of pyridine rings is 1. The molecule has 7 nitrogen and oxygen atoms in total. The Hall–Kier alpha value is -2.70. The van der Waals surface area contributed by atoms with Crippen LogP contribution in [0.25, 0.3) is 5.65 Å². The minimum atomic E-state index is -0.201. The highest BCUT2D eigenvalue weighted by Gasteiger charge is 2.10. The molecule has 0 aliphatic rings. The average Bonchev–Trinajstić information content (AvgIpc) is 2.97. The summed E-state index contributed by atoms with van der Waals surface area (Å²) in [6, 6.07) is 3.43. The molecule has 1 amide bonds. The monoisotopic (exact) mass is 256 g/mol. The van der Waals surface area contributed by atoms with Gasteiger partial charge in [0.2, 0.25) is 0 Å². The van der Waals surface area contributed by atoms with E-state index in [4.69, 9.17) is 0 Å². The zero-order valence-electron chi connectivity index (χ0n) is 10.5. The lowest BCUT2D eigenvalue weighted by Gasteiger charge is -2.04. The fourth-order valence-electron chi connectivity index (χ4n) is 1.82. The highest BCUT2D eigenvalue weighted by atomic mass is 16.1. The van der Waals surface area contributed by atoms with Crippen LogP contribution in [-0.2, 0) is 0 Å². The van der Waals surface area contributed by atoms with E-state index in [0.29, 0.717) is 16.9 Å². The lowest BCUT2D eigenvalue weighted by atomic mass is 10.2. The van der Waals surface area contributed by atoms with E-state index < -0.39 is 0 Å². The van der Waals surface area contributed by atoms with Crippen molar-refractivity contribution >= 4 is 17.2 Å². The minimum Gasteiger partial charge on any atom is -0.319 e. The van der Waals surface area contributed by atoms with E-state index >= 15 is 0 Å². The summed E-state index contributed by atoms with van der Waals surface area (Å²) in [6.07, 6.45) is 3.36. The Labute approximate surface area is 108 Å². The number of hydrogen-bond donors (Lipinski definition) is 2. The maximum absolute atomic E-state index is 12.1. The summed E-state index contributed by atoms with van der Waals surface area (Å²) >= 11 is 0. The van der Waals surface area contributed by atoms with Gasteiger partial charge in [0.15, 0.2) is 5.65 Å². The topological polar surface area (TPSA) is 88.0 Å². The number of anilines is 1. The van der Waals surface area contributed by atoms with Crippen LogP contribution >= 0.6 is 0 Å². The molecule has 3 aromatic heterocycles. The summed E-state index contributed by atoms with van der Waals surface area (Å²) in [6.45, 7) is 3.70. The number of carbonyl (C=O) groups excluding carboxylic acids is 1. The third-order valence-electron chi connectivity index (χ3n) is 2.92. The van der Waals surface area contributed by atoms with Crippen molar-refractivity contribution in [3.05, 3.63) is 41.6 Å². The molecule has 0 aliphatic carbocycles. The summed E-state index contributed by atoms with van der Waals surface area (Å²) < 4.78 is 1.82. The Morgan fingerprint density at radius 3 is 2.95 bits per heavy atom. The van der Waals surface area contributed by atoms with Crippen molar-refractivity contribution in [2.24, 2.45) is 0 Å². The first-order valence-corrected chi connectivity index (χ1v) is 5.78. The first kappa shape index (κ1) is 11.4. The van der Waals surface area contributed by atoms with Gasteiger partial charge in [0.25, 0.3) is 5.91 Å². The quantitative estimate of drug-likeness (QED) is 0.723. The van der Waals surface area contributed by atoms with Gasteiger partial charge in [0.1, 0.15) is 5.82 Å². The standard InChI is InChI=1S/C12H12N6O/c1-7-10(6-13-15-7)14-12(19)9-3-4-18-8(2)16-17-11(18)5-9/h3-6H,1-2H3,(H,13,15)(H,14,19). The summed E-state index contributed by atoms with van der Waals surface area (Å²) in [5, 5.41) is 17.4. The van der Waals surface area contributed by atoms with E-state index in [-0.39, 0.29) is 5.91 Å². The summed E-state index contributed by atoms with van der Waals surface area (Å²) in [5.41, 5.74) is 2.66. The van der Waals surface area contributed by atoms with Crippen LogP contribution in [0.1, 0.15) is 21.9 Å². The van der Waals surface area contributed by atoms with Crippen LogP contribution in [0.4, 0.5) is 5.69 Å². The summed E-state index contributed by atoms with van der Waals surface area (Å²) in [7, 11) is 0. The molecule has 0 fully saturated rings. The molecule has 2 N–H and O–H groups in total. The van der Waals surface area contributed by atoms with Gasteiger partial charge in [-0.05, 0) is 26.0 Å². The molecule has 7 heteroatoms. The summed E-state index contributed by atoms with van der Waals surface area (Å²) in [5.74, 6) is 0.584. The van der Waals surface area contributed by atoms with Gasteiger partial charge in [-0.25, -0.2) is 0 Å². The largest absolute Gasteiger partial charge is 0.319 e. The van der Waals surface area contributed by atoms with Crippen LogP contribution in [0, 0.1) is 13.8 Å². The SMILES string of the molecule is Cc1[nH]ncc1NC(=O)c1ccn2c(C)nnc2c1. The Morgan fingerprint density at radius 2 is 2.21 bits per heavy atom. The van der Waals surface area contributed by atoms with Crippen molar-refractivity contribution in [2.75, 3.05) is 5.32 Å². The molecule has 0 unspecified atom stereocenters. The number of aromatic nitrogens is 5. The molecule has 0 spiro atoms. The van der Waals surface area contributed by atoms with Gasteiger partial charge in [-0.3, -0.25) is 14.3 Å². The number of aryl methyl sites for hydroxylation is 2. The molecule has 0 aliphatic heterocycles. The van der Waals surface area contributed by atoms with E-state index in [1.807, 2.05) is 18.2 Å². The summed E-state index contributed by atoms with van der Waals surface area (Å²) in [4.78, 5) is 12.1. The van der Waals surface area contributed by atoms with Crippen LogP contribution in [0.2, 0.25) is 0 Å². The molecule has 0 radical (unpaired) electrons. The fraction of sp³-hybridized carbons (Fsp3) is 0.167. The predicted molar refractivity (Wildman–Crippen MR) is 69.0 cm³/mol. The molecule has 0 aromatic carbocycles. The molecule has 3 rings (SSSR count). The lowest BCUT2D eigenvalue weighted by molar-refractivity contribution is 0.102. The van der Waals surface area contributed by atoms with Crippen LogP contribution in [-0.4, -0.2) is 30.7 Å². The maximum Gasteiger partial charge on any atom is 0.255 e. The molecular weight excluding hydrogens is 244 g/mol. The predicted octanol–water partition coefficient (Wildman–Crippen LogP) is 1.32. The van der Waals surface area contributed by atoms with Crippen LogP contribution < -0.4 is 5.32 Å². The molecule has 0 saturated heterocycles. The number of nitrogens with one attached hydrogen (secondary N) is 2. The first-order chi connectivity index (χ1) is 9.15. The smallest absolute Gasteiger partial charge is 0.255 e. The van der Waals surface area contributed by atoms with Crippen molar-refractivity contribution in [3.63, 3.8) is 0 Å². The Kier molecular flexibility index (Phi) is 2.52. The number of H-pyrrole nitrogens is 1. The van der Waals surface area contributed by atoms with E-state index in [2.05, 4.69) is 25.7 Å². The average molecular weight is 256 g/mol. The first-order valence-electron chi connectivity index (χ1n) is 5.78. The Morgan fingerprint density at radius 1 is 1.37 bits per heavy atom. The third-order valence-corrected chi connectivity index (χ3v) is 2.92. The van der Waals surface area contributed by atoms with Crippen molar-refractivity contribution < 1.29 is 4.79 Å². The number of fused-ring (bicyclic) bond motifs is 1. The number of nitrogens with zero attached hydrogens (tertiary/aromatic N) is 4. The Bertz CT molecular complexity index is 757. The van der Waals surface area contributed by atoms with Gasteiger partial charge in [-0.2, -0.15) is 5.10 Å². The lowest BCUT2D eigenvalue weighted by Crippen LogP contribution is -2.12. The normalized spacial score (nSPS) is 10.8. The zero-order valence-corrected chi connectivity index (χ0v) is 10.5. The van der Waals surface area contributed by atoms with Crippen LogP contribution in [0.15, 0.2) is 24.5 Å². The van der Waals surface area contributed by atoms with Gasteiger partial charge >= 0.3 is 0 Å². The van der Waals surface area contributed by atoms with Crippen molar-refractivity contribution in [1.29, 1.82) is 0 Å². The second kappa shape index (κ2) is 4.20. The maximum atomic E-state index is 12.1. The van der Waals surface area contributed by atoms with Gasteiger partial charge < -0.3 is 5.32 Å². The van der Waals surface area contributed by atoms with Crippen LogP contribution in [0.3, 0.4) is 0 Å². The highest BCUT2D eigenvalue weighted by molar-refractivity contribution is 6.04. The Balaban J connectivity index is 1.91. The molecular formula is C12H12N6O. The molecule has 0 atom stereocenters. The van der Waals surface area contributed by atoms with Crippen LogP contribution in [0.5, 0.6) is 0 Å². The van der Waals surface area contributed by atoms with Gasteiger partial charge in [0.05, 0.1) is 17.6 Å². The number of carbonyl (C=O) groups is 1. The van der Waals surface area contributed by atoms with E-state index in [0.717, 1.165) is 11.5 Å². The third kappa shape index (κ3) is 1.95. The van der Waals surface area contributed by atoms with Crippen molar-refractivity contribution in [3.8, 4) is 0 Å². The molecule has 3 aromatic rings. The second-order valence-electron chi connectivity index (χ2n) is 4.25. The molecule has 96 valence electrons. The van der Waals surface area contributed by atoms with Crippen molar-refractivity contribution in [2.45, 2.75) is 13.8 Å². The van der Waals surface area contributed by atoms with E-state index in [1.165, 1.54) is 0 Å². The zero-order chi connectivity index (χ0) is 13.4. The van der Waals surface area contributed by atoms with Gasteiger partial charge in [-0.15, -0.1) is 10.2 Å². The second-order valence-corrected chi connectivity index (χ2v) is 4.25. The van der Waals surface area contributed by atoms with E-state index in [9.17, 15) is 4.79 Å². The molecule has 0 bridgehead atoms. The van der Waals surface area contributed by atoms with E-state index in [1.54, 1.807) is 24.5 Å². The molecule has 19 heavy (non-hydrogen) atoms. The number of aromatic amines is 1. The van der Waals surface area contributed by atoms with Crippen molar-refractivity contribution in [1.82, 2.24) is 24.8 Å². The van der Waals surface area contributed by atoms with Gasteiger partial charge in [-0.1, -0.05) is 0 Å². The number of hydrogen-bond acceptors (Lipinski definition) is 4. The minimum absolute atomic E-state index is 0.201. The number of rotatable bonds is 2. The number of amides is 1. The molecule has 0 saturated carbocycles. The highest BCUT2D eigenvalue weighted by Crippen LogP contribution is 2.13. The fourth-order valence-corrected chi connectivity index (χ4v) is 1.82.